The summed E-state index contributed by atoms with van der Waals surface area (Å²) in [7, 11) is 0. The number of thiazole rings is 1. The van der Waals surface area contributed by atoms with Crippen molar-refractivity contribution < 1.29 is 8.78 Å². The first-order valence-electron chi connectivity index (χ1n) is 9.51. The summed E-state index contributed by atoms with van der Waals surface area (Å²) in [4.78, 5) is 4.84. The van der Waals surface area contributed by atoms with Crippen molar-refractivity contribution in [3.8, 4) is 10.6 Å². The maximum absolute atomic E-state index is 13.7. The predicted octanol–water partition coefficient (Wildman–Crippen LogP) is 7.14. The normalized spacial score (nSPS) is 15.9. The number of nitrogens with zero attached hydrogens (tertiary/aromatic N) is 1. The highest BCUT2D eigenvalue weighted by Gasteiger charge is 2.31. The van der Waals surface area contributed by atoms with Crippen molar-refractivity contribution in [2.75, 3.05) is 0 Å². The molecular formula is C23H22F2INS. The number of hydrogen-bond acceptors (Lipinski definition) is 2. The van der Waals surface area contributed by atoms with Gasteiger partial charge in [-0.05, 0) is 89.2 Å². The summed E-state index contributed by atoms with van der Waals surface area (Å²) in [5, 5.41) is 3.08. The lowest BCUT2D eigenvalue weighted by atomic mass is 10.00. The fourth-order valence-corrected chi connectivity index (χ4v) is 5.18. The predicted molar refractivity (Wildman–Crippen MR) is 121 cm³/mol. The van der Waals surface area contributed by atoms with Crippen molar-refractivity contribution in [1.29, 1.82) is 0 Å². The molecule has 0 N–H and O–H groups in total. The van der Waals surface area contributed by atoms with Gasteiger partial charge in [-0.25, -0.2) is 13.8 Å². The zero-order chi connectivity index (χ0) is 19.9. The Kier molecular flexibility index (Phi) is 5.58. The van der Waals surface area contributed by atoms with Crippen LogP contribution in [-0.4, -0.2) is 10.9 Å². The highest BCUT2D eigenvalue weighted by molar-refractivity contribution is 14.1. The van der Waals surface area contributed by atoms with Crippen molar-refractivity contribution in [2.45, 2.75) is 51.9 Å². The third-order valence-corrected chi connectivity index (χ3v) is 7.62. The van der Waals surface area contributed by atoms with Crippen molar-refractivity contribution in [1.82, 2.24) is 4.98 Å². The second kappa shape index (κ2) is 7.82. The van der Waals surface area contributed by atoms with E-state index in [0.29, 0.717) is 12.8 Å². The third-order valence-electron chi connectivity index (χ3n) is 5.51. The molecule has 28 heavy (non-hydrogen) atoms. The van der Waals surface area contributed by atoms with E-state index < -0.39 is 5.92 Å². The van der Waals surface area contributed by atoms with E-state index in [1.165, 1.54) is 20.3 Å². The Morgan fingerprint density at radius 3 is 2.57 bits per heavy atom. The van der Waals surface area contributed by atoms with Gasteiger partial charge in [0.05, 0.1) is 5.69 Å². The fraction of sp³-hybridized carbons (Fsp3) is 0.348. The number of aryl methyl sites for hydroxylation is 4. The van der Waals surface area contributed by atoms with Crippen LogP contribution in [0.25, 0.3) is 10.6 Å². The number of aromatic nitrogens is 1. The van der Waals surface area contributed by atoms with Crippen LogP contribution in [0.15, 0.2) is 35.7 Å². The van der Waals surface area contributed by atoms with E-state index in [9.17, 15) is 8.78 Å². The maximum atomic E-state index is 13.7. The van der Waals surface area contributed by atoms with Crippen LogP contribution >= 0.6 is 33.9 Å². The second-order valence-electron chi connectivity index (χ2n) is 7.69. The molecule has 1 nitrogen and oxygen atoms in total. The molecule has 0 saturated carbocycles. The molecule has 0 amide bonds. The molecule has 1 aliphatic rings. The first-order chi connectivity index (χ1) is 13.3. The maximum Gasteiger partial charge on any atom is 0.248 e. The third kappa shape index (κ3) is 4.30. The van der Waals surface area contributed by atoms with Gasteiger partial charge in [-0.15, -0.1) is 11.3 Å². The molecule has 4 rings (SSSR count). The molecule has 0 spiro atoms. The Balaban J connectivity index is 1.57. The van der Waals surface area contributed by atoms with Crippen LogP contribution in [0.3, 0.4) is 0 Å². The first-order valence-corrected chi connectivity index (χ1v) is 11.5. The largest absolute Gasteiger partial charge is 0.248 e. The number of rotatable bonds is 3. The van der Waals surface area contributed by atoms with Crippen molar-refractivity contribution in [3.05, 3.63) is 72.8 Å². The lowest BCUT2D eigenvalue weighted by Crippen LogP contribution is -2.15. The Hall–Kier alpha value is -1.34. The van der Waals surface area contributed by atoms with E-state index in [1.54, 1.807) is 11.3 Å². The quantitative estimate of drug-likeness (QED) is 0.270. The lowest BCUT2D eigenvalue weighted by molar-refractivity contribution is -0.0130. The van der Waals surface area contributed by atoms with Crippen LogP contribution in [0.1, 0.15) is 46.4 Å². The molecular weight excluding hydrogens is 487 g/mol. The molecule has 0 saturated heterocycles. The Labute approximate surface area is 182 Å². The van der Waals surface area contributed by atoms with E-state index in [1.807, 2.05) is 12.1 Å². The van der Waals surface area contributed by atoms with Crippen LogP contribution in [0.5, 0.6) is 0 Å². The topological polar surface area (TPSA) is 12.9 Å². The van der Waals surface area contributed by atoms with Gasteiger partial charge in [0.15, 0.2) is 0 Å². The van der Waals surface area contributed by atoms with Gasteiger partial charge in [0, 0.05) is 33.8 Å². The van der Waals surface area contributed by atoms with E-state index in [0.717, 1.165) is 33.8 Å². The molecule has 2 aromatic carbocycles. The zero-order valence-electron chi connectivity index (χ0n) is 16.0. The SMILES string of the molecule is Cc1cc(Cc2csc(-c3ccc4c(c3)CCC(F)(F)CC4)n2)c(C)cc1I. The number of benzene rings is 2. The summed E-state index contributed by atoms with van der Waals surface area (Å²) in [5.74, 6) is -2.54. The summed E-state index contributed by atoms with van der Waals surface area (Å²) in [6, 6.07) is 10.6. The molecule has 1 aromatic heterocycles. The molecule has 3 aromatic rings. The van der Waals surface area contributed by atoms with E-state index in [2.05, 4.69) is 60.0 Å². The van der Waals surface area contributed by atoms with Crippen LogP contribution < -0.4 is 0 Å². The van der Waals surface area contributed by atoms with Crippen LogP contribution in [-0.2, 0) is 19.3 Å². The lowest BCUT2D eigenvalue weighted by Gasteiger charge is -2.11. The van der Waals surface area contributed by atoms with Gasteiger partial charge >= 0.3 is 0 Å². The summed E-state index contributed by atoms with van der Waals surface area (Å²) >= 11 is 4.00. The van der Waals surface area contributed by atoms with Crippen LogP contribution in [0.2, 0.25) is 0 Å². The molecule has 1 heterocycles. The van der Waals surface area contributed by atoms with Gasteiger partial charge in [0.2, 0.25) is 5.92 Å². The minimum atomic E-state index is -2.54. The van der Waals surface area contributed by atoms with Gasteiger partial charge in [0.25, 0.3) is 0 Å². The molecule has 1 aliphatic carbocycles. The standard InChI is InChI=1S/C23H22F2INS/c1-14-10-21(26)15(2)9-19(14)12-20-13-28-22(27-20)18-4-3-16-5-7-23(24,25)8-6-17(16)11-18/h3-4,9-11,13H,5-8,12H2,1-2H3. The van der Waals surface area contributed by atoms with Crippen LogP contribution in [0.4, 0.5) is 8.78 Å². The Morgan fingerprint density at radius 1 is 1.04 bits per heavy atom. The molecule has 0 radical (unpaired) electrons. The van der Waals surface area contributed by atoms with Gasteiger partial charge in [-0.2, -0.15) is 0 Å². The average molecular weight is 509 g/mol. The summed E-state index contributed by atoms with van der Waals surface area (Å²) in [6.45, 7) is 4.28. The van der Waals surface area contributed by atoms with Crippen molar-refractivity contribution in [2.24, 2.45) is 0 Å². The smallest absolute Gasteiger partial charge is 0.241 e. The molecule has 0 atom stereocenters. The summed E-state index contributed by atoms with van der Waals surface area (Å²) < 4.78 is 28.8. The first kappa shape index (κ1) is 20.0. The zero-order valence-corrected chi connectivity index (χ0v) is 19.0. The van der Waals surface area contributed by atoms with Crippen molar-refractivity contribution in [3.63, 3.8) is 0 Å². The van der Waals surface area contributed by atoms with Gasteiger partial charge in [0.1, 0.15) is 5.01 Å². The number of hydrogen-bond donors (Lipinski definition) is 0. The highest BCUT2D eigenvalue weighted by atomic mass is 127. The Morgan fingerprint density at radius 2 is 1.79 bits per heavy atom. The molecule has 0 fully saturated rings. The van der Waals surface area contributed by atoms with Gasteiger partial charge in [-0.3, -0.25) is 0 Å². The fourth-order valence-electron chi connectivity index (χ4n) is 3.74. The molecule has 0 unspecified atom stereocenters. The van der Waals surface area contributed by atoms with E-state index >= 15 is 0 Å². The van der Waals surface area contributed by atoms with Gasteiger partial charge in [-0.1, -0.05) is 18.2 Å². The van der Waals surface area contributed by atoms with E-state index in [-0.39, 0.29) is 12.8 Å². The molecule has 146 valence electrons. The minimum absolute atomic E-state index is 0.0461. The van der Waals surface area contributed by atoms with Gasteiger partial charge < -0.3 is 0 Å². The summed E-state index contributed by atoms with van der Waals surface area (Å²) in [5.41, 5.74) is 8.09. The van der Waals surface area contributed by atoms with Crippen molar-refractivity contribution >= 4 is 33.9 Å². The highest BCUT2D eigenvalue weighted by Crippen LogP contribution is 2.34. The Bertz CT molecular complexity index is 1030. The van der Waals surface area contributed by atoms with E-state index in [4.69, 9.17) is 4.98 Å². The molecule has 0 bridgehead atoms. The minimum Gasteiger partial charge on any atom is -0.241 e. The summed E-state index contributed by atoms with van der Waals surface area (Å²) in [6.07, 6.45) is 1.61. The monoisotopic (exact) mass is 509 g/mol. The van der Waals surface area contributed by atoms with Crippen LogP contribution in [0, 0.1) is 17.4 Å². The number of alkyl halides is 2. The number of halogens is 3. The average Bonchev–Trinajstić information content (AvgIpc) is 3.05. The second-order valence-corrected chi connectivity index (χ2v) is 9.71. The number of fused-ring (bicyclic) bond motifs is 1. The molecule has 5 heteroatoms. The molecule has 0 aliphatic heterocycles.